The van der Waals surface area contributed by atoms with E-state index in [-0.39, 0.29) is 0 Å². The molecule has 1 heterocycles. The van der Waals surface area contributed by atoms with Gasteiger partial charge in [0.1, 0.15) is 11.6 Å². The fourth-order valence-electron chi connectivity index (χ4n) is 3.25. The van der Waals surface area contributed by atoms with Crippen LogP contribution in [0.1, 0.15) is 57.7 Å². The molecule has 1 fully saturated rings. The summed E-state index contributed by atoms with van der Waals surface area (Å²) in [6.45, 7) is 4.32. The highest BCUT2D eigenvalue weighted by molar-refractivity contribution is 5.89. The highest BCUT2D eigenvalue weighted by atomic mass is 15.2. The van der Waals surface area contributed by atoms with Gasteiger partial charge in [0, 0.05) is 24.4 Å². The normalized spacial score (nSPS) is 16.6. The fraction of sp³-hybridized carbons (Fsp3) is 0.556. The van der Waals surface area contributed by atoms with E-state index in [2.05, 4.69) is 50.1 Å². The number of rotatable bonds is 3. The molecule has 0 unspecified atom stereocenters. The molecular weight excluding hydrogens is 258 g/mol. The molecule has 3 nitrogen and oxygen atoms in total. The molecule has 1 aromatic carbocycles. The molecule has 0 spiro atoms. The van der Waals surface area contributed by atoms with Gasteiger partial charge in [-0.3, -0.25) is 0 Å². The molecule has 0 amide bonds. The average molecular weight is 283 g/mol. The van der Waals surface area contributed by atoms with Gasteiger partial charge < -0.3 is 4.90 Å². The maximum atomic E-state index is 4.89. The third kappa shape index (κ3) is 2.87. The molecule has 21 heavy (non-hydrogen) atoms. The molecule has 0 atom stereocenters. The molecule has 0 bridgehead atoms. The van der Waals surface area contributed by atoms with E-state index < -0.39 is 0 Å². The minimum Gasteiger partial charge on any atom is -0.356 e. The van der Waals surface area contributed by atoms with Gasteiger partial charge in [-0.25, -0.2) is 9.97 Å². The molecule has 2 aromatic rings. The predicted octanol–water partition coefficient (Wildman–Crippen LogP) is 4.52. The summed E-state index contributed by atoms with van der Waals surface area (Å²) >= 11 is 0. The van der Waals surface area contributed by atoms with Crippen LogP contribution in [0.4, 0.5) is 5.82 Å². The van der Waals surface area contributed by atoms with Gasteiger partial charge in [-0.2, -0.15) is 0 Å². The summed E-state index contributed by atoms with van der Waals surface area (Å²) in [5.74, 6) is 2.41. The Hall–Kier alpha value is -1.64. The first-order chi connectivity index (χ1) is 10.2. The van der Waals surface area contributed by atoms with Crippen molar-refractivity contribution < 1.29 is 0 Å². The van der Waals surface area contributed by atoms with E-state index in [1.54, 1.807) is 0 Å². The Bertz CT molecular complexity index is 615. The summed E-state index contributed by atoms with van der Waals surface area (Å²) < 4.78 is 0. The van der Waals surface area contributed by atoms with Crippen molar-refractivity contribution in [3.05, 3.63) is 30.1 Å². The van der Waals surface area contributed by atoms with Crippen LogP contribution in [-0.4, -0.2) is 23.1 Å². The Morgan fingerprint density at radius 2 is 1.76 bits per heavy atom. The van der Waals surface area contributed by atoms with Crippen molar-refractivity contribution in [3.8, 4) is 0 Å². The van der Waals surface area contributed by atoms with Gasteiger partial charge in [-0.15, -0.1) is 0 Å². The van der Waals surface area contributed by atoms with Crippen LogP contribution in [0.2, 0.25) is 0 Å². The molecule has 0 N–H and O–H groups in total. The van der Waals surface area contributed by atoms with Crippen LogP contribution < -0.4 is 4.90 Å². The number of hydrogen-bond donors (Lipinski definition) is 0. The zero-order valence-corrected chi connectivity index (χ0v) is 13.3. The maximum absolute atomic E-state index is 4.89. The molecule has 0 aliphatic heterocycles. The van der Waals surface area contributed by atoms with Crippen molar-refractivity contribution in [2.75, 3.05) is 11.9 Å². The van der Waals surface area contributed by atoms with Crippen LogP contribution in [0.15, 0.2) is 24.3 Å². The molecule has 0 saturated heterocycles. The Morgan fingerprint density at radius 1 is 1.05 bits per heavy atom. The summed E-state index contributed by atoms with van der Waals surface area (Å²) in [6, 6.07) is 9.01. The number of benzene rings is 1. The SMILES string of the molecule is CC(C)c1nc(N(C)C2CCCCC2)c2ccccc2n1. The minimum atomic E-state index is 0.355. The van der Waals surface area contributed by atoms with Crippen molar-refractivity contribution in [1.29, 1.82) is 0 Å². The molecule has 0 radical (unpaired) electrons. The highest BCUT2D eigenvalue weighted by Gasteiger charge is 2.22. The largest absolute Gasteiger partial charge is 0.356 e. The van der Waals surface area contributed by atoms with E-state index in [0.29, 0.717) is 12.0 Å². The highest BCUT2D eigenvalue weighted by Crippen LogP contribution is 2.30. The molecule has 1 aromatic heterocycles. The summed E-state index contributed by atoms with van der Waals surface area (Å²) in [6.07, 6.45) is 6.63. The summed E-state index contributed by atoms with van der Waals surface area (Å²) in [4.78, 5) is 12.0. The second kappa shape index (κ2) is 6.00. The van der Waals surface area contributed by atoms with Gasteiger partial charge in [0.2, 0.25) is 0 Å². The zero-order valence-electron chi connectivity index (χ0n) is 13.3. The van der Waals surface area contributed by atoms with Gasteiger partial charge in [-0.1, -0.05) is 45.2 Å². The van der Waals surface area contributed by atoms with Crippen molar-refractivity contribution in [2.45, 2.75) is 57.9 Å². The van der Waals surface area contributed by atoms with Crippen LogP contribution in [0.25, 0.3) is 10.9 Å². The molecule has 1 saturated carbocycles. The van der Waals surface area contributed by atoms with E-state index >= 15 is 0 Å². The van der Waals surface area contributed by atoms with Crippen LogP contribution in [0, 0.1) is 0 Å². The van der Waals surface area contributed by atoms with Gasteiger partial charge in [0.05, 0.1) is 5.52 Å². The molecule has 3 rings (SSSR count). The van der Waals surface area contributed by atoms with E-state index in [0.717, 1.165) is 17.2 Å². The van der Waals surface area contributed by atoms with E-state index in [9.17, 15) is 0 Å². The number of fused-ring (bicyclic) bond motifs is 1. The van der Waals surface area contributed by atoms with Gasteiger partial charge in [-0.05, 0) is 25.0 Å². The first-order valence-corrected chi connectivity index (χ1v) is 8.16. The number of hydrogen-bond acceptors (Lipinski definition) is 3. The number of anilines is 1. The smallest absolute Gasteiger partial charge is 0.140 e. The lowest BCUT2D eigenvalue weighted by atomic mass is 9.94. The summed E-state index contributed by atoms with van der Waals surface area (Å²) in [7, 11) is 2.20. The number of nitrogens with zero attached hydrogens (tertiary/aromatic N) is 3. The Labute approximate surface area is 127 Å². The lowest BCUT2D eigenvalue weighted by Gasteiger charge is -2.33. The minimum absolute atomic E-state index is 0.355. The third-order valence-corrected chi connectivity index (χ3v) is 4.57. The lowest BCUT2D eigenvalue weighted by Crippen LogP contribution is -2.34. The molecule has 1 aliphatic carbocycles. The van der Waals surface area contributed by atoms with Crippen molar-refractivity contribution in [2.24, 2.45) is 0 Å². The monoisotopic (exact) mass is 283 g/mol. The predicted molar refractivity (Wildman–Crippen MR) is 88.9 cm³/mol. The molecule has 1 aliphatic rings. The van der Waals surface area contributed by atoms with Crippen LogP contribution in [0.5, 0.6) is 0 Å². The Morgan fingerprint density at radius 3 is 2.48 bits per heavy atom. The second-order valence-electron chi connectivity index (χ2n) is 6.48. The second-order valence-corrected chi connectivity index (χ2v) is 6.48. The van der Waals surface area contributed by atoms with Crippen LogP contribution >= 0.6 is 0 Å². The number of para-hydroxylation sites is 1. The van der Waals surface area contributed by atoms with Gasteiger partial charge in [0.25, 0.3) is 0 Å². The Balaban J connectivity index is 2.06. The standard InChI is InChI=1S/C18H25N3/c1-13(2)17-19-16-12-8-7-11-15(16)18(20-17)21(3)14-9-5-4-6-10-14/h7-8,11-14H,4-6,9-10H2,1-3H3. The van der Waals surface area contributed by atoms with Gasteiger partial charge >= 0.3 is 0 Å². The van der Waals surface area contributed by atoms with E-state index in [1.165, 1.54) is 37.5 Å². The summed E-state index contributed by atoms with van der Waals surface area (Å²) in [5, 5.41) is 1.18. The van der Waals surface area contributed by atoms with Crippen molar-refractivity contribution in [1.82, 2.24) is 9.97 Å². The van der Waals surface area contributed by atoms with E-state index in [4.69, 9.17) is 9.97 Å². The summed E-state index contributed by atoms with van der Waals surface area (Å²) in [5.41, 5.74) is 1.06. The average Bonchev–Trinajstić information content (AvgIpc) is 2.54. The van der Waals surface area contributed by atoms with Crippen LogP contribution in [0.3, 0.4) is 0 Å². The van der Waals surface area contributed by atoms with Crippen molar-refractivity contribution in [3.63, 3.8) is 0 Å². The lowest BCUT2D eigenvalue weighted by molar-refractivity contribution is 0.426. The topological polar surface area (TPSA) is 29.0 Å². The zero-order chi connectivity index (χ0) is 14.8. The third-order valence-electron chi connectivity index (χ3n) is 4.57. The maximum Gasteiger partial charge on any atom is 0.140 e. The van der Waals surface area contributed by atoms with Crippen LogP contribution in [-0.2, 0) is 0 Å². The van der Waals surface area contributed by atoms with Crippen molar-refractivity contribution >= 4 is 16.7 Å². The molecular formula is C18H25N3. The number of aromatic nitrogens is 2. The van der Waals surface area contributed by atoms with E-state index in [1.807, 2.05) is 0 Å². The molecule has 3 heteroatoms. The van der Waals surface area contributed by atoms with Gasteiger partial charge in [0.15, 0.2) is 0 Å². The fourth-order valence-corrected chi connectivity index (χ4v) is 3.25. The molecule has 112 valence electrons. The Kier molecular flexibility index (Phi) is 4.09. The first kappa shape index (κ1) is 14.3. The first-order valence-electron chi connectivity index (χ1n) is 8.16. The quantitative estimate of drug-likeness (QED) is 0.829.